The molecule has 0 spiro atoms. The Morgan fingerprint density at radius 3 is 2.55 bits per heavy atom. The molecule has 0 aliphatic carbocycles. The second kappa shape index (κ2) is 6.43. The van der Waals surface area contributed by atoms with Crippen LogP contribution in [0, 0.1) is 13.8 Å². The SMILES string of the molecule is CC(=O)c1c(C)[nH]c(C(=O)CSc2nnnn2C(C)C)c1C. The molecule has 1 N–H and O–H groups in total. The fraction of sp³-hybridized carbons (Fsp3) is 0.500. The van der Waals surface area contributed by atoms with Crippen molar-refractivity contribution in [2.45, 2.75) is 45.8 Å². The normalized spacial score (nSPS) is 11.2. The first kappa shape index (κ1) is 16.4. The van der Waals surface area contributed by atoms with E-state index in [-0.39, 0.29) is 23.4 Å². The number of aromatic nitrogens is 5. The predicted octanol–water partition coefficient (Wildman–Crippen LogP) is 2.38. The van der Waals surface area contributed by atoms with Gasteiger partial charge < -0.3 is 4.98 Å². The van der Waals surface area contributed by atoms with Crippen molar-refractivity contribution >= 4 is 23.3 Å². The van der Waals surface area contributed by atoms with E-state index in [1.54, 1.807) is 18.5 Å². The fourth-order valence-corrected chi connectivity index (χ4v) is 3.24. The number of nitrogens with zero attached hydrogens (tertiary/aromatic N) is 4. The molecule has 0 saturated carbocycles. The molecular formula is C14H19N5O2S. The van der Waals surface area contributed by atoms with Gasteiger partial charge in [-0.15, -0.1) is 5.10 Å². The minimum absolute atomic E-state index is 0.0401. The maximum atomic E-state index is 12.4. The molecule has 2 aromatic rings. The summed E-state index contributed by atoms with van der Waals surface area (Å²) in [6, 6.07) is 0.131. The summed E-state index contributed by atoms with van der Waals surface area (Å²) >= 11 is 1.29. The zero-order valence-corrected chi connectivity index (χ0v) is 14.1. The highest BCUT2D eigenvalue weighted by atomic mass is 32.2. The van der Waals surface area contributed by atoms with E-state index in [9.17, 15) is 9.59 Å². The Labute approximate surface area is 132 Å². The Morgan fingerprint density at radius 2 is 2.00 bits per heavy atom. The largest absolute Gasteiger partial charge is 0.355 e. The molecule has 8 heteroatoms. The topological polar surface area (TPSA) is 93.5 Å². The second-order valence-electron chi connectivity index (χ2n) is 5.39. The monoisotopic (exact) mass is 321 g/mol. The highest BCUT2D eigenvalue weighted by Crippen LogP contribution is 2.22. The summed E-state index contributed by atoms with van der Waals surface area (Å²) in [5.74, 6) is 0.101. The zero-order chi connectivity index (χ0) is 16.4. The van der Waals surface area contributed by atoms with Crippen molar-refractivity contribution < 1.29 is 9.59 Å². The minimum Gasteiger partial charge on any atom is -0.355 e. The number of thioether (sulfide) groups is 1. The van der Waals surface area contributed by atoms with Crippen LogP contribution in [-0.4, -0.2) is 42.5 Å². The van der Waals surface area contributed by atoms with Gasteiger partial charge in [0, 0.05) is 11.3 Å². The Bertz CT molecular complexity index is 717. The summed E-state index contributed by atoms with van der Waals surface area (Å²) in [7, 11) is 0. The van der Waals surface area contributed by atoms with Crippen molar-refractivity contribution in [1.82, 2.24) is 25.2 Å². The molecule has 2 rings (SSSR count). The summed E-state index contributed by atoms with van der Waals surface area (Å²) in [6.07, 6.45) is 0. The number of aromatic amines is 1. The van der Waals surface area contributed by atoms with Crippen LogP contribution in [0.3, 0.4) is 0 Å². The highest BCUT2D eigenvalue weighted by molar-refractivity contribution is 7.99. The van der Waals surface area contributed by atoms with Crippen LogP contribution in [0.25, 0.3) is 0 Å². The molecule has 118 valence electrons. The van der Waals surface area contributed by atoms with E-state index in [2.05, 4.69) is 20.5 Å². The van der Waals surface area contributed by atoms with E-state index in [0.717, 1.165) is 5.69 Å². The van der Waals surface area contributed by atoms with Crippen molar-refractivity contribution in [1.29, 1.82) is 0 Å². The van der Waals surface area contributed by atoms with Crippen molar-refractivity contribution in [3.05, 3.63) is 22.5 Å². The van der Waals surface area contributed by atoms with Crippen molar-refractivity contribution in [2.24, 2.45) is 0 Å². The number of Topliss-reactive ketones (excluding diaryl/α,β-unsaturated/α-hetero) is 2. The molecule has 22 heavy (non-hydrogen) atoms. The summed E-state index contributed by atoms with van der Waals surface area (Å²) < 4.78 is 1.67. The van der Waals surface area contributed by atoms with Crippen LogP contribution in [0.15, 0.2) is 5.16 Å². The van der Waals surface area contributed by atoms with Gasteiger partial charge in [-0.1, -0.05) is 11.8 Å². The molecule has 2 heterocycles. The number of aryl methyl sites for hydroxylation is 1. The number of H-pyrrole nitrogens is 1. The summed E-state index contributed by atoms with van der Waals surface area (Å²) in [5.41, 5.74) is 2.52. The lowest BCUT2D eigenvalue weighted by Crippen LogP contribution is -2.09. The van der Waals surface area contributed by atoms with Gasteiger partial charge in [0.1, 0.15) is 0 Å². The molecule has 7 nitrogen and oxygen atoms in total. The molecule has 0 saturated heterocycles. The van der Waals surface area contributed by atoms with E-state index in [1.165, 1.54) is 18.7 Å². The molecule has 0 aliphatic rings. The van der Waals surface area contributed by atoms with E-state index in [0.29, 0.717) is 22.0 Å². The molecule has 0 aromatic carbocycles. The summed E-state index contributed by atoms with van der Waals surface area (Å²) in [5, 5.41) is 12.1. The highest BCUT2D eigenvalue weighted by Gasteiger charge is 2.20. The number of ketones is 2. The molecular weight excluding hydrogens is 302 g/mol. The number of nitrogens with one attached hydrogen (secondary N) is 1. The number of hydrogen-bond donors (Lipinski definition) is 1. The smallest absolute Gasteiger partial charge is 0.209 e. The van der Waals surface area contributed by atoms with E-state index in [1.807, 2.05) is 13.8 Å². The van der Waals surface area contributed by atoms with Gasteiger partial charge in [0.05, 0.1) is 17.5 Å². The summed E-state index contributed by atoms with van der Waals surface area (Å²) in [6.45, 7) is 9.03. The van der Waals surface area contributed by atoms with Crippen LogP contribution in [0.2, 0.25) is 0 Å². The first-order valence-corrected chi connectivity index (χ1v) is 7.95. The predicted molar refractivity (Wildman–Crippen MR) is 83.5 cm³/mol. The van der Waals surface area contributed by atoms with Crippen molar-refractivity contribution in [3.63, 3.8) is 0 Å². The lowest BCUT2D eigenvalue weighted by atomic mass is 10.1. The number of tetrazole rings is 1. The van der Waals surface area contributed by atoms with Crippen LogP contribution in [0.4, 0.5) is 0 Å². The standard InChI is InChI=1S/C14H19N5O2S/c1-7(2)19-14(16-17-18-19)22-6-11(21)13-8(3)12(10(5)20)9(4)15-13/h7,15H,6H2,1-5H3. The maximum Gasteiger partial charge on any atom is 0.209 e. The molecule has 0 radical (unpaired) electrons. The molecule has 2 aromatic heterocycles. The van der Waals surface area contributed by atoms with Gasteiger partial charge >= 0.3 is 0 Å². The lowest BCUT2D eigenvalue weighted by molar-refractivity contribution is 0.101. The Morgan fingerprint density at radius 1 is 1.32 bits per heavy atom. The average Bonchev–Trinajstić information content (AvgIpc) is 3.00. The lowest BCUT2D eigenvalue weighted by Gasteiger charge is -2.06. The van der Waals surface area contributed by atoms with Crippen LogP contribution < -0.4 is 0 Å². The van der Waals surface area contributed by atoms with Gasteiger partial charge in [0.2, 0.25) is 5.16 Å². The third-order valence-electron chi connectivity index (χ3n) is 3.35. The Kier molecular flexibility index (Phi) is 4.80. The van der Waals surface area contributed by atoms with Crippen LogP contribution >= 0.6 is 11.8 Å². The van der Waals surface area contributed by atoms with E-state index >= 15 is 0 Å². The minimum atomic E-state index is -0.0728. The first-order valence-electron chi connectivity index (χ1n) is 6.96. The number of carbonyl (C=O) groups is 2. The number of hydrogen-bond acceptors (Lipinski definition) is 6. The average molecular weight is 321 g/mol. The molecule has 0 amide bonds. The van der Waals surface area contributed by atoms with Gasteiger partial charge in [0.25, 0.3) is 0 Å². The van der Waals surface area contributed by atoms with Gasteiger partial charge in [0.15, 0.2) is 11.6 Å². The van der Waals surface area contributed by atoms with Crippen molar-refractivity contribution in [2.75, 3.05) is 5.75 Å². The van der Waals surface area contributed by atoms with Crippen LogP contribution in [0.5, 0.6) is 0 Å². The third-order valence-corrected chi connectivity index (χ3v) is 4.29. The van der Waals surface area contributed by atoms with Gasteiger partial charge in [-0.2, -0.15) is 0 Å². The number of carbonyl (C=O) groups excluding carboxylic acids is 2. The van der Waals surface area contributed by atoms with Gasteiger partial charge in [-0.05, 0) is 50.6 Å². The zero-order valence-electron chi connectivity index (χ0n) is 13.3. The Hall–Kier alpha value is -1.96. The van der Waals surface area contributed by atoms with Gasteiger partial charge in [-0.25, -0.2) is 4.68 Å². The maximum absolute atomic E-state index is 12.4. The molecule has 0 unspecified atom stereocenters. The number of rotatable bonds is 6. The van der Waals surface area contributed by atoms with Crippen molar-refractivity contribution in [3.8, 4) is 0 Å². The van der Waals surface area contributed by atoms with E-state index < -0.39 is 0 Å². The second-order valence-corrected chi connectivity index (χ2v) is 6.34. The Balaban J connectivity index is 2.15. The van der Waals surface area contributed by atoms with Crippen LogP contribution in [-0.2, 0) is 0 Å². The van der Waals surface area contributed by atoms with Gasteiger partial charge in [-0.3, -0.25) is 9.59 Å². The van der Waals surface area contributed by atoms with Crippen LogP contribution in [0.1, 0.15) is 58.9 Å². The molecule has 0 aliphatic heterocycles. The first-order chi connectivity index (χ1) is 10.3. The molecule has 0 fully saturated rings. The molecule has 0 atom stereocenters. The quantitative estimate of drug-likeness (QED) is 0.648. The summed E-state index contributed by atoms with van der Waals surface area (Å²) in [4.78, 5) is 27.0. The fourth-order valence-electron chi connectivity index (χ4n) is 2.36. The third kappa shape index (κ3) is 3.11. The molecule has 0 bridgehead atoms. The van der Waals surface area contributed by atoms with E-state index in [4.69, 9.17) is 0 Å².